The highest BCUT2D eigenvalue weighted by Crippen LogP contribution is 2.35. The number of rotatable bonds is 0. The second-order valence-electron chi connectivity index (χ2n) is 2.07. The molecule has 0 spiro atoms. The van der Waals surface area contributed by atoms with Crippen molar-refractivity contribution in [3.8, 4) is 0 Å². The SMILES string of the molecule is FC(F)(F)C(F)(F)F.FC(F)=C(F)C(F)(F)F. The van der Waals surface area contributed by atoms with Crippen LogP contribution in [0.2, 0.25) is 0 Å². The Balaban J connectivity index is 0. The fourth-order valence-corrected chi connectivity index (χ4v) is 0.107. The Hall–Kier alpha value is -1.10. The van der Waals surface area contributed by atoms with Crippen molar-refractivity contribution in [2.45, 2.75) is 18.5 Å². The first-order valence-corrected chi connectivity index (χ1v) is 3.02. The Morgan fingerprint density at radius 3 is 0.765 bits per heavy atom. The fraction of sp³-hybridized carbons (Fsp3) is 0.600. The van der Waals surface area contributed by atoms with Gasteiger partial charge in [0.15, 0.2) is 0 Å². The Kier molecular flexibility index (Phi) is 5.90. The summed E-state index contributed by atoms with van der Waals surface area (Å²) in [6.45, 7) is 0. The molecule has 0 aromatic heterocycles. The van der Waals surface area contributed by atoms with Crippen molar-refractivity contribution in [3.05, 3.63) is 11.9 Å². The zero-order valence-electron chi connectivity index (χ0n) is 7.04. The molecule has 0 aliphatic rings. The first kappa shape index (κ1) is 18.3. The van der Waals surface area contributed by atoms with Crippen LogP contribution in [0.3, 0.4) is 0 Å². The monoisotopic (exact) mass is 288 g/mol. The van der Waals surface area contributed by atoms with Gasteiger partial charge in [0.05, 0.1) is 0 Å². The van der Waals surface area contributed by atoms with E-state index in [4.69, 9.17) is 0 Å². The summed E-state index contributed by atoms with van der Waals surface area (Å²) in [4.78, 5) is 0. The van der Waals surface area contributed by atoms with Crippen LogP contribution in [0, 0.1) is 0 Å². The maximum atomic E-state index is 11.0. The Morgan fingerprint density at radius 2 is 0.765 bits per heavy atom. The minimum absolute atomic E-state index is 3.33. The number of alkyl halides is 9. The van der Waals surface area contributed by atoms with Gasteiger partial charge in [0.25, 0.3) is 5.83 Å². The lowest BCUT2D eigenvalue weighted by Crippen LogP contribution is -2.30. The molecular formula is C5F12. The number of hydrogen-bond acceptors (Lipinski definition) is 0. The van der Waals surface area contributed by atoms with E-state index < -0.39 is 30.4 Å². The molecule has 0 bridgehead atoms. The number of hydrogen-bond donors (Lipinski definition) is 0. The lowest BCUT2D eigenvalue weighted by molar-refractivity contribution is -0.339. The normalized spacial score (nSPS) is 12.7. The van der Waals surface area contributed by atoms with E-state index in [2.05, 4.69) is 0 Å². The van der Waals surface area contributed by atoms with E-state index in [-0.39, 0.29) is 0 Å². The molecule has 0 aromatic carbocycles. The molecule has 17 heavy (non-hydrogen) atoms. The second-order valence-corrected chi connectivity index (χ2v) is 2.07. The van der Waals surface area contributed by atoms with Gasteiger partial charge in [-0.25, -0.2) is 0 Å². The van der Waals surface area contributed by atoms with Gasteiger partial charge in [0.2, 0.25) is 0 Å². The molecule has 0 fully saturated rings. The van der Waals surface area contributed by atoms with Crippen LogP contribution in [-0.2, 0) is 0 Å². The van der Waals surface area contributed by atoms with E-state index in [1.54, 1.807) is 0 Å². The lowest BCUT2D eigenvalue weighted by atomic mass is 10.6. The minimum atomic E-state index is -6.06. The van der Waals surface area contributed by atoms with Crippen molar-refractivity contribution in [2.24, 2.45) is 0 Å². The molecule has 0 heterocycles. The van der Waals surface area contributed by atoms with Crippen LogP contribution in [0.15, 0.2) is 11.9 Å². The van der Waals surface area contributed by atoms with E-state index in [1.807, 2.05) is 0 Å². The third kappa shape index (κ3) is 7.74. The van der Waals surface area contributed by atoms with Crippen molar-refractivity contribution in [3.63, 3.8) is 0 Å². The molecule has 0 atom stereocenters. The summed E-state index contributed by atoms with van der Waals surface area (Å²) in [7, 11) is 0. The van der Waals surface area contributed by atoms with Gasteiger partial charge >= 0.3 is 24.6 Å². The highest BCUT2D eigenvalue weighted by atomic mass is 19.5. The largest absolute Gasteiger partial charge is 0.487 e. The summed E-state index contributed by atoms with van der Waals surface area (Å²) in [5.74, 6) is -3.33. The molecule has 0 saturated heterocycles. The van der Waals surface area contributed by atoms with Crippen LogP contribution < -0.4 is 0 Å². The summed E-state index contributed by atoms with van der Waals surface area (Å²) in [5, 5.41) is 0. The summed E-state index contributed by atoms with van der Waals surface area (Å²) in [5.41, 5.74) is 0. The fourth-order valence-electron chi connectivity index (χ4n) is 0.107. The molecule has 0 aromatic rings. The summed E-state index contributed by atoms with van der Waals surface area (Å²) < 4.78 is 127. The Bertz CT molecular complexity index is 244. The van der Waals surface area contributed by atoms with Crippen LogP contribution in [0.4, 0.5) is 52.7 Å². The maximum absolute atomic E-state index is 11.0. The average Bonchev–Trinajstić information content (AvgIpc) is 1.98. The van der Waals surface area contributed by atoms with Gasteiger partial charge in [0.1, 0.15) is 0 Å². The van der Waals surface area contributed by atoms with Gasteiger partial charge in [-0.1, -0.05) is 0 Å². The topological polar surface area (TPSA) is 0 Å². The Labute approximate surface area is 84.5 Å². The first-order valence-electron chi connectivity index (χ1n) is 3.02. The van der Waals surface area contributed by atoms with Gasteiger partial charge < -0.3 is 0 Å². The molecule has 12 heteroatoms. The predicted octanol–water partition coefficient (Wildman–Crippen LogP) is 4.74. The van der Waals surface area contributed by atoms with Crippen molar-refractivity contribution >= 4 is 0 Å². The second kappa shape index (κ2) is 5.49. The zero-order valence-corrected chi connectivity index (χ0v) is 7.04. The van der Waals surface area contributed by atoms with Gasteiger partial charge in [0, 0.05) is 0 Å². The van der Waals surface area contributed by atoms with Crippen molar-refractivity contribution in [1.29, 1.82) is 0 Å². The highest BCUT2D eigenvalue weighted by molar-refractivity contribution is 4.98. The van der Waals surface area contributed by atoms with Crippen LogP contribution >= 0.6 is 0 Å². The Morgan fingerprint density at radius 1 is 0.529 bits per heavy atom. The molecule has 0 saturated carbocycles. The van der Waals surface area contributed by atoms with Gasteiger partial charge in [-0.3, -0.25) is 0 Å². The summed E-state index contributed by atoms with van der Waals surface area (Å²) >= 11 is 0. The maximum Gasteiger partial charge on any atom is 0.487 e. The van der Waals surface area contributed by atoms with Crippen molar-refractivity contribution in [2.75, 3.05) is 0 Å². The minimum Gasteiger partial charge on any atom is -0.196 e. The average molecular weight is 288 g/mol. The molecule has 0 radical (unpaired) electrons. The van der Waals surface area contributed by atoms with E-state index in [0.717, 1.165) is 0 Å². The lowest BCUT2D eigenvalue weighted by Gasteiger charge is -2.08. The van der Waals surface area contributed by atoms with Crippen LogP contribution in [0.5, 0.6) is 0 Å². The quantitative estimate of drug-likeness (QED) is 0.565. The molecule has 104 valence electrons. The highest BCUT2D eigenvalue weighted by Gasteiger charge is 2.58. The zero-order chi connectivity index (χ0) is 14.7. The van der Waals surface area contributed by atoms with Gasteiger partial charge in [-0.05, 0) is 0 Å². The number of halogens is 12. The molecule has 0 amide bonds. The third-order valence-corrected chi connectivity index (χ3v) is 0.736. The number of allylic oxidation sites excluding steroid dienone is 1. The summed E-state index contributed by atoms with van der Waals surface area (Å²) in [6.07, 6.45) is -21.0. The first-order chi connectivity index (χ1) is 7.10. The van der Waals surface area contributed by atoms with Crippen molar-refractivity contribution in [1.82, 2.24) is 0 Å². The van der Waals surface area contributed by atoms with Gasteiger partial charge in [-0.15, -0.1) is 0 Å². The molecular weight excluding hydrogens is 288 g/mol. The molecule has 0 rings (SSSR count). The van der Waals surface area contributed by atoms with Crippen LogP contribution in [0.25, 0.3) is 0 Å². The molecule has 0 aliphatic carbocycles. The molecule has 0 N–H and O–H groups in total. The molecule has 0 aliphatic heterocycles. The van der Waals surface area contributed by atoms with Crippen molar-refractivity contribution < 1.29 is 52.7 Å². The smallest absolute Gasteiger partial charge is 0.196 e. The standard InChI is InChI=1S/C3F6.C2F6/c4-1(2(5)6)3(7,8)9;3-1(4,5)2(6,7)8. The van der Waals surface area contributed by atoms with Crippen LogP contribution in [0.1, 0.15) is 0 Å². The van der Waals surface area contributed by atoms with E-state index in [0.29, 0.717) is 0 Å². The summed E-state index contributed by atoms with van der Waals surface area (Å²) in [6, 6.07) is 0. The third-order valence-electron chi connectivity index (χ3n) is 0.736. The molecule has 0 unspecified atom stereocenters. The van der Waals surface area contributed by atoms with E-state index in [1.165, 1.54) is 0 Å². The van der Waals surface area contributed by atoms with E-state index in [9.17, 15) is 52.7 Å². The molecule has 0 nitrogen and oxygen atoms in total. The van der Waals surface area contributed by atoms with Gasteiger partial charge in [-0.2, -0.15) is 52.7 Å². The predicted molar refractivity (Wildman–Crippen MR) is 28.5 cm³/mol. The van der Waals surface area contributed by atoms with Crippen LogP contribution in [-0.4, -0.2) is 18.5 Å². The van der Waals surface area contributed by atoms with E-state index >= 15 is 0 Å².